The van der Waals surface area contributed by atoms with Crippen molar-refractivity contribution in [3.05, 3.63) is 73.6 Å². The van der Waals surface area contributed by atoms with Crippen LogP contribution in [0.25, 0.3) is 4.85 Å². The van der Waals surface area contributed by atoms with Crippen molar-refractivity contribution in [3.63, 3.8) is 0 Å². The zero-order valence-electron chi connectivity index (χ0n) is 15.3. The average Bonchev–Trinajstić information content (AvgIpc) is 2.54. The van der Waals surface area contributed by atoms with Crippen LogP contribution in [-0.2, 0) is 0 Å². The third-order valence-electron chi connectivity index (χ3n) is 4.09. The lowest BCUT2D eigenvalue weighted by molar-refractivity contribution is 1.31. The van der Waals surface area contributed by atoms with E-state index in [1.54, 1.807) is 7.05 Å². The summed E-state index contributed by atoms with van der Waals surface area (Å²) in [5.41, 5.74) is 8.71. The summed E-state index contributed by atoms with van der Waals surface area (Å²) in [5.74, 6) is 12.7. The maximum Gasteiger partial charge on any atom is 0.311 e. The van der Waals surface area contributed by atoms with Crippen LogP contribution in [0.4, 0.5) is 0 Å². The Labute approximate surface area is 145 Å². The number of benzene rings is 2. The van der Waals surface area contributed by atoms with Crippen molar-refractivity contribution in [2.75, 3.05) is 7.05 Å². The van der Waals surface area contributed by atoms with E-state index in [9.17, 15) is 0 Å². The first kappa shape index (κ1) is 17.4. The van der Waals surface area contributed by atoms with E-state index in [0.29, 0.717) is 0 Å². The predicted octanol–water partition coefficient (Wildman–Crippen LogP) is 5.00. The summed E-state index contributed by atoms with van der Waals surface area (Å²) in [7, 11) is 1.73. The lowest BCUT2D eigenvalue weighted by atomic mass is 9.98. The molecular formula is C23H22N+. The van der Waals surface area contributed by atoms with Crippen molar-refractivity contribution in [1.29, 1.82) is 0 Å². The number of hydrogen-bond acceptors (Lipinski definition) is 0. The molecule has 0 aliphatic heterocycles. The Morgan fingerprint density at radius 3 is 1.42 bits per heavy atom. The van der Waals surface area contributed by atoms with Gasteiger partial charge in [-0.1, -0.05) is 22.6 Å². The molecular weight excluding hydrogens is 290 g/mol. The van der Waals surface area contributed by atoms with Crippen molar-refractivity contribution >= 4 is 0 Å². The van der Waals surface area contributed by atoms with E-state index >= 15 is 0 Å². The fraction of sp³-hybridized carbons (Fsp3) is 0.261. The number of aryl methyl sites for hydroxylation is 4. The minimum Gasteiger partial charge on any atom is -0.101 e. The molecule has 0 amide bonds. The van der Waals surface area contributed by atoms with E-state index in [0.717, 1.165) is 22.3 Å². The van der Waals surface area contributed by atoms with Gasteiger partial charge in [-0.2, -0.15) is 0 Å². The highest BCUT2D eigenvalue weighted by atomic mass is 14.6. The van der Waals surface area contributed by atoms with Crippen molar-refractivity contribution in [3.8, 4) is 29.8 Å². The molecule has 0 aliphatic carbocycles. The highest BCUT2D eigenvalue weighted by Gasteiger charge is 2.06. The molecule has 0 fully saturated rings. The molecule has 2 aromatic carbocycles. The second kappa shape index (κ2) is 7.55. The minimum atomic E-state index is 0.931. The summed E-state index contributed by atoms with van der Waals surface area (Å²) in [6.07, 6.45) is 0. The average molecular weight is 312 g/mol. The second-order valence-corrected chi connectivity index (χ2v) is 5.92. The molecule has 0 aliphatic rings. The largest absolute Gasteiger partial charge is 0.311 e. The monoisotopic (exact) mass is 312 g/mol. The molecule has 0 unspecified atom stereocenters. The zero-order valence-corrected chi connectivity index (χ0v) is 15.3. The van der Waals surface area contributed by atoms with Crippen LogP contribution in [0.3, 0.4) is 0 Å². The standard InChI is InChI=1S/C23H22N/c1-7-8-20-11-16(2)17(3)12-21(20)9-10-22-13-18(4)19(5)14-23(22)15-24-6/h11-14H,1-6H3/q+1. The van der Waals surface area contributed by atoms with E-state index in [1.165, 1.54) is 22.3 Å². The summed E-state index contributed by atoms with van der Waals surface area (Å²) >= 11 is 0. The Hall–Kier alpha value is -2.95. The van der Waals surface area contributed by atoms with E-state index in [1.807, 2.05) is 6.92 Å². The molecule has 2 aromatic rings. The molecule has 0 aromatic heterocycles. The van der Waals surface area contributed by atoms with Crippen LogP contribution in [-0.4, -0.2) is 7.05 Å². The lowest BCUT2D eigenvalue weighted by Gasteiger charge is -2.04. The van der Waals surface area contributed by atoms with Gasteiger partial charge in [0.2, 0.25) is 0 Å². The lowest BCUT2D eigenvalue weighted by Crippen LogP contribution is -1.92. The van der Waals surface area contributed by atoms with E-state index in [-0.39, 0.29) is 0 Å². The molecule has 118 valence electrons. The second-order valence-electron chi connectivity index (χ2n) is 5.92. The molecule has 0 saturated carbocycles. The van der Waals surface area contributed by atoms with E-state index in [2.05, 4.69) is 86.6 Å². The summed E-state index contributed by atoms with van der Waals surface area (Å²) < 4.78 is 0. The maximum atomic E-state index is 4.02. The van der Waals surface area contributed by atoms with Crippen LogP contribution < -0.4 is 0 Å². The molecule has 0 spiro atoms. The van der Waals surface area contributed by atoms with Crippen molar-refractivity contribution in [1.82, 2.24) is 0 Å². The van der Waals surface area contributed by atoms with Gasteiger partial charge < -0.3 is 0 Å². The maximum absolute atomic E-state index is 4.02. The Morgan fingerprint density at radius 2 is 1.00 bits per heavy atom. The first-order valence-corrected chi connectivity index (χ1v) is 7.98. The van der Waals surface area contributed by atoms with Gasteiger partial charge >= 0.3 is 6.07 Å². The molecule has 0 heterocycles. The summed E-state index contributed by atoms with van der Waals surface area (Å²) in [6, 6.07) is 11.4. The third-order valence-corrected chi connectivity index (χ3v) is 4.09. The molecule has 0 N–H and O–H groups in total. The Kier molecular flexibility index (Phi) is 5.47. The normalized spacial score (nSPS) is 9.08. The molecule has 0 radical (unpaired) electrons. The van der Waals surface area contributed by atoms with Gasteiger partial charge in [0.15, 0.2) is 0 Å². The van der Waals surface area contributed by atoms with Gasteiger partial charge in [-0.05, 0) is 81.1 Å². The summed E-state index contributed by atoms with van der Waals surface area (Å²) in [6.45, 7) is 10.2. The van der Waals surface area contributed by atoms with Crippen LogP contribution >= 0.6 is 0 Å². The molecule has 0 bridgehead atoms. The third kappa shape index (κ3) is 3.87. The molecule has 0 saturated heterocycles. The van der Waals surface area contributed by atoms with Gasteiger partial charge in [0.1, 0.15) is 5.56 Å². The highest BCUT2D eigenvalue weighted by molar-refractivity contribution is 5.58. The van der Waals surface area contributed by atoms with Gasteiger partial charge in [0.25, 0.3) is 7.05 Å². The molecule has 1 nitrogen and oxygen atoms in total. The van der Waals surface area contributed by atoms with Crippen molar-refractivity contribution in [2.24, 2.45) is 0 Å². The molecule has 2 rings (SSSR count). The van der Waals surface area contributed by atoms with E-state index in [4.69, 9.17) is 0 Å². The fourth-order valence-electron chi connectivity index (χ4n) is 2.42. The van der Waals surface area contributed by atoms with Gasteiger partial charge in [-0.3, -0.25) is 0 Å². The molecule has 24 heavy (non-hydrogen) atoms. The van der Waals surface area contributed by atoms with Gasteiger partial charge in [0.05, 0.1) is 0 Å². The number of nitrogens with zero attached hydrogens (tertiary/aromatic N) is 1. The SMILES string of the molecule is CC#Cc1cc(C)c(C)cc1C#Cc1cc(C)c(C)cc1C#[N+]C. The first-order chi connectivity index (χ1) is 11.5. The van der Waals surface area contributed by atoms with Crippen molar-refractivity contribution < 1.29 is 0 Å². The Morgan fingerprint density at radius 1 is 0.625 bits per heavy atom. The van der Waals surface area contributed by atoms with Crippen LogP contribution in [0.15, 0.2) is 24.3 Å². The van der Waals surface area contributed by atoms with E-state index < -0.39 is 0 Å². The van der Waals surface area contributed by atoms with Gasteiger partial charge in [-0.15, -0.1) is 5.92 Å². The zero-order chi connectivity index (χ0) is 17.7. The molecule has 1 heteroatoms. The van der Waals surface area contributed by atoms with Gasteiger partial charge in [-0.25, -0.2) is 0 Å². The predicted molar refractivity (Wildman–Crippen MR) is 103 cm³/mol. The minimum absolute atomic E-state index is 0.931. The quantitative estimate of drug-likeness (QED) is 0.603. The van der Waals surface area contributed by atoms with Crippen molar-refractivity contribution in [2.45, 2.75) is 34.6 Å². The van der Waals surface area contributed by atoms with Gasteiger partial charge in [0, 0.05) is 16.7 Å². The number of rotatable bonds is 0. The first-order valence-electron chi connectivity index (χ1n) is 7.98. The smallest absolute Gasteiger partial charge is 0.101 e. The van der Waals surface area contributed by atoms with Crippen LogP contribution in [0.5, 0.6) is 0 Å². The Balaban J connectivity index is 2.61. The topological polar surface area (TPSA) is 4.36 Å². The summed E-state index contributed by atoms with van der Waals surface area (Å²) in [5, 5.41) is 0. The van der Waals surface area contributed by atoms with Crippen LogP contribution in [0, 0.1) is 57.4 Å². The Bertz CT molecular complexity index is 895. The molecule has 0 atom stereocenters. The fourth-order valence-corrected chi connectivity index (χ4v) is 2.42. The number of hydrogen-bond donors (Lipinski definition) is 0. The summed E-state index contributed by atoms with van der Waals surface area (Å²) in [4.78, 5) is 4.02. The van der Waals surface area contributed by atoms with Crippen LogP contribution in [0.2, 0.25) is 0 Å². The highest BCUT2D eigenvalue weighted by Crippen LogP contribution is 2.17. The van der Waals surface area contributed by atoms with Crippen LogP contribution in [0.1, 0.15) is 51.4 Å².